The predicted octanol–water partition coefficient (Wildman–Crippen LogP) is 3.19. The zero-order valence-corrected chi connectivity index (χ0v) is 14.0. The van der Waals surface area contributed by atoms with E-state index in [-0.39, 0.29) is 11.9 Å². The highest BCUT2D eigenvalue weighted by molar-refractivity contribution is 5.98. The lowest BCUT2D eigenvalue weighted by Gasteiger charge is -2.25. The Morgan fingerprint density at radius 1 is 1.36 bits per heavy atom. The van der Waals surface area contributed by atoms with E-state index < -0.39 is 0 Å². The second-order valence-corrected chi connectivity index (χ2v) is 6.71. The van der Waals surface area contributed by atoms with Crippen LogP contribution in [0.1, 0.15) is 55.7 Å². The fourth-order valence-corrected chi connectivity index (χ4v) is 2.93. The van der Waals surface area contributed by atoms with Crippen LogP contribution in [0, 0.1) is 12.8 Å². The molecule has 0 aromatic carbocycles. The smallest absolute Gasteiger partial charge is 0.255 e. The number of aryl methyl sites for hydroxylation is 1. The molecule has 1 fully saturated rings. The van der Waals surface area contributed by atoms with Gasteiger partial charge in [0.2, 0.25) is 0 Å². The fourth-order valence-electron chi connectivity index (χ4n) is 2.93. The molecule has 1 atom stereocenters. The predicted molar refractivity (Wildman–Crippen MR) is 86.9 cm³/mol. The van der Waals surface area contributed by atoms with Gasteiger partial charge in [-0.15, -0.1) is 0 Å². The first-order chi connectivity index (χ1) is 10.4. The number of carbonyl (C=O) groups excluding carboxylic acids is 1. The molecule has 1 unspecified atom stereocenters. The Labute approximate surface area is 131 Å². The minimum Gasteiger partial charge on any atom is -0.339 e. The normalized spacial score (nSPS) is 16.3. The average molecular weight is 300 g/mol. The molecule has 5 nitrogen and oxygen atoms in total. The Hall–Kier alpha value is -1.91. The second-order valence-electron chi connectivity index (χ2n) is 6.71. The van der Waals surface area contributed by atoms with Gasteiger partial charge in [-0.05, 0) is 52.5 Å². The van der Waals surface area contributed by atoms with Crippen LogP contribution in [0.25, 0.3) is 11.0 Å². The molecule has 2 aromatic rings. The van der Waals surface area contributed by atoms with Crippen LogP contribution in [0.2, 0.25) is 0 Å². The van der Waals surface area contributed by atoms with Crippen molar-refractivity contribution >= 4 is 16.9 Å². The van der Waals surface area contributed by atoms with E-state index in [0.29, 0.717) is 17.5 Å². The molecule has 22 heavy (non-hydrogen) atoms. The molecule has 1 aliphatic carbocycles. The van der Waals surface area contributed by atoms with Gasteiger partial charge in [0.1, 0.15) is 0 Å². The summed E-state index contributed by atoms with van der Waals surface area (Å²) in [5.41, 5.74) is 2.31. The summed E-state index contributed by atoms with van der Waals surface area (Å²) >= 11 is 0. The highest BCUT2D eigenvalue weighted by atomic mass is 16.2. The maximum absolute atomic E-state index is 12.8. The van der Waals surface area contributed by atoms with Crippen molar-refractivity contribution in [2.75, 3.05) is 7.05 Å². The molecule has 3 rings (SSSR count). The summed E-state index contributed by atoms with van der Waals surface area (Å²) in [5, 5.41) is 5.31. The number of nitrogens with zero attached hydrogens (tertiary/aromatic N) is 4. The van der Waals surface area contributed by atoms with Gasteiger partial charge in [-0.2, -0.15) is 5.10 Å². The van der Waals surface area contributed by atoms with E-state index in [1.54, 1.807) is 6.20 Å². The minimum atomic E-state index is 0.0589. The number of aromatic nitrogens is 3. The zero-order chi connectivity index (χ0) is 16.0. The van der Waals surface area contributed by atoms with Crippen LogP contribution in [0.15, 0.2) is 12.3 Å². The lowest BCUT2D eigenvalue weighted by molar-refractivity contribution is 0.0726. The van der Waals surface area contributed by atoms with Gasteiger partial charge in [0, 0.05) is 24.5 Å². The van der Waals surface area contributed by atoms with Crippen LogP contribution in [-0.4, -0.2) is 38.7 Å². The first-order valence-electron chi connectivity index (χ1n) is 8.02. The lowest BCUT2D eigenvalue weighted by Crippen LogP contribution is -2.36. The Kier molecular flexibility index (Phi) is 3.67. The minimum absolute atomic E-state index is 0.0589. The Morgan fingerprint density at radius 2 is 2.05 bits per heavy atom. The van der Waals surface area contributed by atoms with E-state index in [9.17, 15) is 4.79 Å². The highest BCUT2D eigenvalue weighted by Crippen LogP contribution is 2.35. The number of carbonyl (C=O) groups is 1. The summed E-state index contributed by atoms with van der Waals surface area (Å²) in [4.78, 5) is 19.3. The van der Waals surface area contributed by atoms with Gasteiger partial charge in [-0.1, -0.05) is 0 Å². The van der Waals surface area contributed by atoms with E-state index in [2.05, 4.69) is 30.9 Å². The molecule has 118 valence electrons. The molecule has 1 aliphatic rings. The molecule has 0 bridgehead atoms. The van der Waals surface area contributed by atoms with Gasteiger partial charge in [-0.3, -0.25) is 4.79 Å². The van der Waals surface area contributed by atoms with Crippen LogP contribution in [0.4, 0.5) is 0 Å². The second kappa shape index (κ2) is 5.38. The number of hydrogen-bond donors (Lipinski definition) is 0. The third-order valence-corrected chi connectivity index (χ3v) is 4.71. The van der Waals surface area contributed by atoms with Crippen molar-refractivity contribution < 1.29 is 4.79 Å². The Balaban J connectivity index is 1.96. The van der Waals surface area contributed by atoms with E-state index in [0.717, 1.165) is 16.7 Å². The monoisotopic (exact) mass is 300 g/mol. The highest BCUT2D eigenvalue weighted by Gasteiger charge is 2.33. The first kappa shape index (κ1) is 15.0. The molecule has 0 spiro atoms. The molecule has 0 aliphatic heterocycles. The molecule has 1 saturated carbocycles. The third-order valence-electron chi connectivity index (χ3n) is 4.71. The van der Waals surface area contributed by atoms with Crippen molar-refractivity contribution in [3.8, 4) is 0 Å². The average Bonchev–Trinajstić information content (AvgIpc) is 3.24. The van der Waals surface area contributed by atoms with Crippen molar-refractivity contribution in [3.63, 3.8) is 0 Å². The largest absolute Gasteiger partial charge is 0.339 e. The molecule has 5 heteroatoms. The summed E-state index contributed by atoms with van der Waals surface area (Å²) in [5.74, 6) is 0.721. The van der Waals surface area contributed by atoms with Gasteiger partial charge < -0.3 is 4.90 Å². The quantitative estimate of drug-likeness (QED) is 0.871. The number of rotatable bonds is 4. The van der Waals surface area contributed by atoms with Crippen LogP contribution in [-0.2, 0) is 0 Å². The van der Waals surface area contributed by atoms with Gasteiger partial charge in [-0.25, -0.2) is 9.67 Å². The molecule has 2 heterocycles. The molecule has 2 aromatic heterocycles. The molecule has 1 amide bonds. The standard InChI is InChI=1S/C17H24N4O/c1-10(2)21-16-14(9-18-21)8-15(11(3)19-16)17(22)20(5)12(4)13-6-7-13/h8-10,12-13H,6-7H2,1-5H3. The summed E-state index contributed by atoms with van der Waals surface area (Å²) in [6.07, 6.45) is 4.26. The van der Waals surface area contributed by atoms with E-state index in [1.165, 1.54) is 12.8 Å². The van der Waals surface area contributed by atoms with Gasteiger partial charge in [0.05, 0.1) is 17.5 Å². The maximum atomic E-state index is 12.8. The van der Waals surface area contributed by atoms with Gasteiger partial charge in [0.15, 0.2) is 5.65 Å². The summed E-state index contributed by atoms with van der Waals surface area (Å²) < 4.78 is 1.90. The van der Waals surface area contributed by atoms with E-state index in [1.807, 2.05) is 29.6 Å². The number of pyridine rings is 1. The summed E-state index contributed by atoms with van der Waals surface area (Å²) in [6, 6.07) is 2.48. The number of fused-ring (bicyclic) bond motifs is 1. The van der Waals surface area contributed by atoms with Gasteiger partial charge >= 0.3 is 0 Å². The molecular formula is C17H24N4O. The number of amides is 1. The zero-order valence-electron chi connectivity index (χ0n) is 14.0. The molecular weight excluding hydrogens is 276 g/mol. The Bertz CT molecular complexity index is 715. The lowest BCUT2D eigenvalue weighted by atomic mass is 10.1. The summed E-state index contributed by atoms with van der Waals surface area (Å²) in [7, 11) is 1.90. The fraction of sp³-hybridized carbons (Fsp3) is 0.588. The van der Waals surface area contributed by atoms with Gasteiger partial charge in [0.25, 0.3) is 5.91 Å². The SMILES string of the molecule is Cc1nc2c(cnn2C(C)C)cc1C(=O)N(C)C(C)C1CC1. The van der Waals surface area contributed by atoms with Crippen LogP contribution in [0.5, 0.6) is 0 Å². The van der Waals surface area contributed by atoms with Crippen LogP contribution in [0.3, 0.4) is 0 Å². The van der Waals surface area contributed by atoms with E-state index >= 15 is 0 Å². The maximum Gasteiger partial charge on any atom is 0.255 e. The number of hydrogen-bond acceptors (Lipinski definition) is 3. The summed E-state index contributed by atoms with van der Waals surface area (Å²) in [6.45, 7) is 8.19. The van der Waals surface area contributed by atoms with Crippen LogP contribution >= 0.6 is 0 Å². The molecule has 0 N–H and O–H groups in total. The van der Waals surface area contributed by atoms with Crippen LogP contribution < -0.4 is 0 Å². The van der Waals surface area contributed by atoms with Crippen molar-refractivity contribution in [2.45, 2.75) is 52.6 Å². The topological polar surface area (TPSA) is 51.0 Å². The Morgan fingerprint density at radius 3 is 2.64 bits per heavy atom. The third kappa shape index (κ3) is 2.49. The van der Waals surface area contributed by atoms with Crippen molar-refractivity contribution in [1.29, 1.82) is 0 Å². The first-order valence-corrected chi connectivity index (χ1v) is 8.02. The molecule has 0 radical (unpaired) electrons. The van der Waals surface area contributed by atoms with Crippen molar-refractivity contribution in [2.24, 2.45) is 5.92 Å². The van der Waals surface area contributed by atoms with Crippen molar-refractivity contribution in [3.05, 3.63) is 23.5 Å². The van der Waals surface area contributed by atoms with Crippen molar-refractivity contribution in [1.82, 2.24) is 19.7 Å². The molecule has 0 saturated heterocycles. The van der Waals surface area contributed by atoms with E-state index in [4.69, 9.17) is 0 Å².